The summed E-state index contributed by atoms with van der Waals surface area (Å²) in [6, 6.07) is 14.9. The van der Waals surface area contributed by atoms with Gasteiger partial charge in [0.15, 0.2) is 5.78 Å². The molecule has 0 atom stereocenters. The Morgan fingerprint density at radius 3 is 2.46 bits per heavy atom. The molecule has 6 heteroatoms. The first-order valence-electron chi connectivity index (χ1n) is 9.51. The highest BCUT2D eigenvalue weighted by atomic mass is 16.5. The molecule has 1 N–H and O–H groups in total. The number of amides is 1. The van der Waals surface area contributed by atoms with E-state index in [0.717, 1.165) is 38.5 Å². The first-order chi connectivity index (χ1) is 13.7. The smallest absolute Gasteiger partial charge is 0.224 e. The molecule has 0 bridgehead atoms. The molecule has 0 aromatic heterocycles. The maximum Gasteiger partial charge on any atom is 0.224 e. The Kier molecular flexibility index (Phi) is 7.17. The molecule has 3 rings (SSSR count). The van der Waals surface area contributed by atoms with Crippen molar-refractivity contribution in [2.75, 3.05) is 38.7 Å². The Balaban J connectivity index is 1.47. The summed E-state index contributed by atoms with van der Waals surface area (Å²) in [5, 5.41) is 2.85. The molecule has 1 aliphatic rings. The topological polar surface area (TPSA) is 67.9 Å². The van der Waals surface area contributed by atoms with E-state index in [1.807, 2.05) is 30.3 Å². The van der Waals surface area contributed by atoms with Crippen LogP contribution in [-0.4, -0.2) is 50.0 Å². The second-order valence-electron chi connectivity index (χ2n) is 6.76. The highest BCUT2D eigenvalue weighted by Crippen LogP contribution is 2.20. The number of Topliss-reactive ketones (excluding diaryl/α,β-unsaturated/α-hetero) is 1. The van der Waals surface area contributed by atoms with E-state index < -0.39 is 0 Å². The molecule has 0 radical (unpaired) electrons. The van der Waals surface area contributed by atoms with Gasteiger partial charge in [-0.1, -0.05) is 24.3 Å². The number of para-hydroxylation sites is 1. The summed E-state index contributed by atoms with van der Waals surface area (Å²) in [6.07, 6.45) is 0.272. The molecular formula is C22H26N2O4. The normalized spacial score (nSPS) is 14.5. The van der Waals surface area contributed by atoms with Gasteiger partial charge in [-0.15, -0.1) is 0 Å². The summed E-state index contributed by atoms with van der Waals surface area (Å²) in [5.41, 5.74) is 2.44. The van der Waals surface area contributed by atoms with Crippen LogP contribution in [0, 0.1) is 0 Å². The minimum Gasteiger partial charge on any atom is -0.496 e. The molecule has 1 aliphatic heterocycles. The molecule has 28 heavy (non-hydrogen) atoms. The van der Waals surface area contributed by atoms with Crippen molar-refractivity contribution in [1.29, 1.82) is 0 Å². The van der Waals surface area contributed by atoms with Crippen molar-refractivity contribution >= 4 is 17.4 Å². The third kappa shape index (κ3) is 5.65. The maximum atomic E-state index is 12.3. The number of ketones is 1. The van der Waals surface area contributed by atoms with Crippen LogP contribution >= 0.6 is 0 Å². The van der Waals surface area contributed by atoms with Crippen molar-refractivity contribution in [3.8, 4) is 5.75 Å². The average molecular weight is 382 g/mol. The van der Waals surface area contributed by atoms with Crippen LogP contribution in [0.2, 0.25) is 0 Å². The lowest BCUT2D eigenvalue weighted by atomic mass is 10.1. The lowest BCUT2D eigenvalue weighted by molar-refractivity contribution is -0.116. The number of carbonyl (C=O) groups excluding carboxylic acids is 2. The summed E-state index contributed by atoms with van der Waals surface area (Å²) in [6.45, 7) is 4.33. The Morgan fingerprint density at radius 2 is 1.75 bits per heavy atom. The van der Waals surface area contributed by atoms with E-state index in [-0.39, 0.29) is 24.5 Å². The fraction of sp³-hybridized carbons (Fsp3) is 0.364. The average Bonchev–Trinajstić information content (AvgIpc) is 2.74. The fourth-order valence-corrected chi connectivity index (χ4v) is 3.17. The number of methoxy groups -OCH3 is 1. The van der Waals surface area contributed by atoms with E-state index in [1.54, 1.807) is 18.2 Å². The van der Waals surface area contributed by atoms with Crippen LogP contribution in [0.3, 0.4) is 0 Å². The third-order valence-electron chi connectivity index (χ3n) is 4.73. The van der Waals surface area contributed by atoms with Crippen LogP contribution in [-0.2, 0) is 16.1 Å². The van der Waals surface area contributed by atoms with Crippen molar-refractivity contribution in [3.05, 3.63) is 59.7 Å². The van der Waals surface area contributed by atoms with Gasteiger partial charge in [0.05, 0.1) is 25.9 Å². The molecule has 0 spiro atoms. The molecule has 6 nitrogen and oxygen atoms in total. The van der Waals surface area contributed by atoms with Crippen LogP contribution in [0.25, 0.3) is 0 Å². The first-order valence-corrected chi connectivity index (χ1v) is 9.51. The molecule has 1 amide bonds. The number of nitrogens with one attached hydrogen (secondary N) is 1. The number of nitrogens with zero attached hydrogens (tertiary/aromatic N) is 1. The zero-order valence-electron chi connectivity index (χ0n) is 16.1. The number of benzene rings is 2. The molecule has 0 aliphatic carbocycles. The Labute approximate surface area is 165 Å². The van der Waals surface area contributed by atoms with Crippen LogP contribution in [0.1, 0.15) is 28.8 Å². The maximum absolute atomic E-state index is 12.3. The first kappa shape index (κ1) is 20.0. The monoisotopic (exact) mass is 382 g/mol. The van der Waals surface area contributed by atoms with Crippen LogP contribution in [0.4, 0.5) is 5.69 Å². The lowest BCUT2D eigenvalue weighted by Gasteiger charge is -2.26. The quantitative estimate of drug-likeness (QED) is 0.711. The molecule has 2 aromatic rings. The molecule has 1 saturated heterocycles. The van der Waals surface area contributed by atoms with Gasteiger partial charge in [0.25, 0.3) is 0 Å². The van der Waals surface area contributed by atoms with Gasteiger partial charge in [-0.3, -0.25) is 14.5 Å². The SMILES string of the molecule is COc1ccccc1C(=O)CCC(=O)Nc1ccc(CN2CCOCC2)cc1. The summed E-state index contributed by atoms with van der Waals surface area (Å²) in [5.74, 6) is 0.251. The van der Waals surface area contributed by atoms with Gasteiger partial charge in [0.1, 0.15) is 5.75 Å². The van der Waals surface area contributed by atoms with Crippen molar-refractivity contribution in [2.24, 2.45) is 0 Å². The van der Waals surface area contributed by atoms with E-state index in [9.17, 15) is 9.59 Å². The number of ether oxygens (including phenoxy) is 2. The molecule has 2 aromatic carbocycles. The number of hydrogen-bond acceptors (Lipinski definition) is 5. The summed E-state index contributed by atoms with van der Waals surface area (Å²) >= 11 is 0. The predicted molar refractivity (Wildman–Crippen MR) is 108 cm³/mol. The molecule has 0 saturated carbocycles. The summed E-state index contributed by atoms with van der Waals surface area (Å²) in [7, 11) is 1.53. The van der Waals surface area contributed by atoms with Crippen molar-refractivity contribution in [1.82, 2.24) is 4.90 Å². The van der Waals surface area contributed by atoms with Gasteiger partial charge >= 0.3 is 0 Å². The van der Waals surface area contributed by atoms with Crippen molar-refractivity contribution in [3.63, 3.8) is 0 Å². The number of morpholine rings is 1. The minimum atomic E-state index is -0.177. The van der Waals surface area contributed by atoms with E-state index in [1.165, 1.54) is 12.7 Å². The molecule has 0 unspecified atom stereocenters. The van der Waals surface area contributed by atoms with Gasteiger partial charge in [0, 0.05) is 38.2 Å². The number of carbonyl (C=O) groups is 2. The molecule has 1 heterocycles. The lowest BCUT2D eigenvalue weighted by Crippen LogP contribution is -2.35. The van der Waals surface area contributed by atoms with Gasteiger partial charge in [0.2, 0.25) is 5.91 Å². The fourth-order valence-electron chi connectivity index (χ4n) is 3.17. The van der Waals surface area contributed by atoms with Crippen LogP contribution in [0.15, 0.2) is 48.5 Å². The van der Waals surface area contributed by atoms with E-state index >= 15 is 0 Å². The van der Waals surface area contributed by atoms with Crippen LogP contribution < -0.4 is 10.1 Å². The Morgan fingerprint density at radius 1 is 1.04 bits per heavy atom. The third-order valence-corrected chi connectivity index (χ3v) is 4.73. The zero-order valence-corrected chi connectivity index (χ0v) is 16.1. The second kappa shape index (κ2) is 10.0. The highest BCUT2D eigenvalue weighted by molar-refractivity contribution is 6.01. The Hall–Kier alpha value is -2.70. The summed E-state index contributed by atoms with van der Waals surface area (Å²) < 4.78 is 10.6. The number of hydrogen-bond donors (Lipinski definition) is 1. The zero-order chi connectivity index (χ0) is 19.8. The van der Waals surface area contributed by atoms with Crippen molar-refractivity contribution < 1.29 is 19.1 Å². The highest BCUT2D eigenvalue weighted by Gasteiger charge is 2.14. The minimum absolute atomic E-state index is 0.103. The van der Waals surface area contributed by atoms with E-state index in [2.05, 4.69) is 10.2 Å². The number of anilines is 1. The summed E-state index contributed by atoms with van der Waals surface area (Å²) in [4.78, 5) is 26.9. The largest absolute Gasteiger partial charge is 0.496 e. The predicted octanol–water partition coefficient (Wildman–Crippen LogP) is 3.13. The molecular weight excluding hydrogens is 356 g/mol. The van der Waals surface area contributed by atoms with Crippen molar-refractivity contribution in [2.45, 2.75) is 19.4 Å². The second-order valence-corrected chi connectivity index (χ2v) is 6.76. The van der Waals surface area contributed by atoms with Gasteiger partial charge in [-0.05, 0) is 29.8 Å². The Bertz CT molecular complexity index is 798. The van der Waals surface area contributed by atoms with Gasteiger partial charge < -0.3 is 14.8 Å². The van der Waals surface area contributed by atoms with Gasteiger partial charge in [-0.2, -0.15) is 0 Å². The van der Waals surface area contributed by atoms with Crippen LogP contribution in [0.5, 0.6) is 5.75 Å². The molecule has 148 valence electrons. The standard InChI is InChI=1S/C22H26N2O4/c1-27-21-5-3-2-4-19(21)20(25)10-11-22(26)23-18-8-6-17(7-9-18)16-24-12-14-28-15-13-24/h2-9H,10-16H2,1H3,(H,23,26). The van der Waals surface area contributed by atoms with E-state index in [4.69, 9.17) is 9.47 Å². The molecule has 1 fully saturated rings. The number of rotatable bonds is 8. The van der Waals surface area contributed by atoms with E-state index in [0.29, 0.717) is 11.3 Å². The van der Waals surface area contributed by atoms with Gasteiger partial charge in [-0.25, -0.2) is 0 Å².